The number of halogens is 1. The number of nitro groups is 1. The molecule has 0 radical (unpaired) electrons. The molecular weight excluding hydrogens is 320 g/mol. The Morgan fingerprint density at radius 3 is 2.83 bits per heavy atom. The molecule has 1 aromatic heterocycles. The largest absolute Gasteiger partial charge is 0.508 e. The molecule has 5 nitrogen and oxygen atoms in total. The maximum Gasteiger partial charge on any atom is 0.296 e. The van der Waals surface area contributed by atoms with Crippen molar-refractivity contribution in [2.75, 3.05) is 5.32 Å². The van der Waals surface area contributed by atoms with Gasteiger partial charge in [-0.25, -0.2) is 0 Å². The first-order valence-electron chi connectivity index (χ1n) is 5.00. The van der Waals surface area contributed by atoms with Gasteiger partial charge in [0.15, 0.2) is 0 Å². The number of phenols is 1. The van der Waals surface area contributed by atoms with Crippen LogP contribution in [0.3, 0.4) is 0 Å². The van der Waals surface area contributed by atoms with E-state index in [9.17, 15) is 15.2 Å². The smallest absolute Gasteiger partial charge is 0.296 e. The van der Waals surface area contributed by atoms with Gasteiger partial charge >= 0.3 is 0 Å². The Morgan fingerprint density at radius 1 is 1.44 bits per heavy atom. The second kappa shape index (κ2) is 5.36. The number of hydrogen-bond acceptors (Lipinski definition) is 5. The standard InChI is InChI=1S/C11H9BrN2O3S/c12-11-3-7(6-18-11)5-13-9-2-1-8(15)4-10(9)14(16)17/h1-4,6,13,15H,5H2. The predicted octanol–water partition coefficient (Wildman–Crippen LogP) is 3.74. The third kappa shape index (κ3) is 2.99. The summed E-state index contributed by atoms with van der Waals surface area (Å²) in [7, 11) is 0. The number of benzene rings is 1. The number of hydrogen-bond donors (Lipinski definition) is 2. The highest BCUT2D eigenvalue weighted by Gasteiger charge is 2.14. The van der Waals surface area contributed by atoms with Crippen LogP contribution in [0.25, 0.3) is 0 Å². The summed E-state index contributed by atoms with van der Waals surface area (Å²) >= 11 is 4.91. The molecule has 0 aliphatic heterocycles. The van der Waals surface area contributed by atoms with Crippen LogP contribution in [-0.2, 0) is 6.54 Å². The summed E-state index contributed by atoms with van der Waals surface area (Å²) in [6.45, 7) is 0.494. The number of nitrogens with zero attached hydrogens (tertiary/aromatic N) is 1. The van der Waals surface area contributed by atoms with Crippen LogP contribution in [0.4, 0.5) is 11.4 Å². The number of thiophene rings is 1. The molecule has 0 fully saturated rings. The van der Waals surface area contributed by atoms with Gasteiger partial charge in [0.1, 0.15) is 11.4 Å². The van der Waals surface area contributed by atoms with Crippen LogP contribution in [0.2, 0.25) is 0 Å². The molecule has 0 spiro atoms. The van der Waals surface area contributed by atoms with Gasteiger partial charge in [-0.2, -0.15) is 0 Å². The molecule has 1 heterocycles. The highest BCUT2D eigenvalue weighted by atomic mass is 79.9. The molecule has 7 heteroatoms. The summed E-state index contributed by atoms with van der Waals surface area (Å²) in [6, 6.07) is 5.99. The highest BCUT2D eigenvalue weighted by Crippen LogP contribution is 2.29. The van der Waals surface area contributed by atoms with Gasteiger partial charge in [0, 0.05) is 6.54 Å². The van der Waals surface area contributed by atoms with Gasteiger partial charge in [0.2, 0.25) is 0 Å². The summed E-state index contributed by atoms with van der Waals surface area (Å²) in [5.41, 5.74) is 1.29. The van der Waals surface area contributed by atoms with E-state index in [1.165, 1.54) is 12.1 Å². The minimum Gasteiger partial charge on any atom is -0.508 e. The molecule has 0 amide bonds. The van der Waals surface area contributed by atoms with Crippen molar-refractivity contribution in [3.63, 3.8) is 0 Å². The number of phenolic OH excluding ortho intramolecular Hbond substituents is 1. The van der Waals surface area contributed by atoms with Crippen LogP contribution < -0.4 is 5.32 Å². The monoisotopic (exact) mass is 328 g/mol. The Balaban J connectivity index is 2.16. The van der Waals surface area contributed by atoms with Crippen LogP contribution in [0.15, 0.2) is 33.4 Å². The Hall–Kier alpha value is -1.60. The second-order valence-electron chi connectivity index (χ2n) is 3.57. The van der Waals surface area contributed by atoms with Crippen LogP contribution in [-0.4, -0.2) is 10.0 Å². The van der Waals surface area contributed by atoms with Crippen molar-refractivity contribution in [2.45, 2.75) is 6.54 Å². The molecular formula is C11H9BrN2O3S. The number of rotatable bonds is 4. The summed E-state index contributed by atoms with van der Waals surface area (Å²) < 4.78 is 1.01. The lowest BCUT2D eigenvalue weighted by atomic mass is 10.2. The van der Waals surface area contributed by atoms with E-state index >= 15 is 0 Å². The van der Waals surface area contributed by atoms with Crippen molar-refractivity contribution < 1.29 is 10.0 Å². The van der Waals surface area contributed by atoms with Gasteiger partial charge in [-0.1, -0.05) is 0 Å². The van der Waals surface area contributed by atoms with Crippen molar-refractivity contribution in [1.29, 1.82) is 0 Å². The fraction of sp³-hybridized carbons (Fsp3) is 0.0909. The molecule has 0 atom stereocenters. The molecule has 0 saturated heterocycles. The first-order chi connectivity index (χ1) is 8.56. The summed E-state index contributed by atoms with van der Waals surface area (Å²) in [4.78, 5) is 10.3. The lowest BCUT2D eigenvalue weighted by Crippen LogP contribution is -2.01. The fourth-order valence-electron chi connectivity index (χ4n) is 1.46. The summed E-state index contributed by atoms with van der Waals surface area (Å²) in [6.07, 6.45) is 0. The summed E-state index contributed by atoms with van der Waals surface area (Å²) in [5, 5.41) is 25.0. The number of anilines is 1. The topological polar surface area (TPSA) is 75.4 Å². The van der Waals surface area contributed by atoms with Crippen molar-refractivity contribution in [1.82, 2.24) is 0 Å². The van der Waals surface area contributed by atoms with Crippen molar-refractivity contribution in [3.05, 3.63) is 49.1 Å². The lowest BCUT2D eigenvalue weighted by Gasteiger charge is -2.06. The normalized spacial score (nSPS) is 10.3. The second-order valence-corrected chi connectivity index (χ2v) is 5.86. The van der Waals surface area contributed by atoms with E-state index in [-0.39, 0.29) is 11.4 Å². The van der Waals surface area contributed by atoms with Gasteiger partial charge in [-0.05, 0) is 45.1 Å². The van der Waals surface area contributed by atoms with E-state index in [4.69, 9.17) is 0 Å². The quantitative estimate of drug-likeness (QED) is 0.509. The van der Waals surface area contributed by atoms with Crippen LogP contribution >= 0.6 is 27.3 Å². The van der Waals surface area contributed by atoms with Gasteiger partial charge < -0.3 is 10.4 Å². The third-order valence-corrected chi connectivity index (χ3v) is 3.84. The fourth-order valence-corrected chi connectivity index (χ4v) is 2.67. The maximum absolute atomic E-state index is 10.8. The molecule has 0 unspecified atom stereocenters. The number of nitrogens with one attached hydrogen (secondary N) is 1. The van der Waals surface area contributed by atoms with Gasteiger partial charge in [0.25, 0.3) is 5.69 Å². The number of nitro benzene ring substituents is 1. The van der Waals surface area contributed by atoms with E-state index in [1.54, 1.807) is 11.3 Å². The molecule has 0 bridgehead atoms. The average Bonchev–Trinajstić information content (AvgIpc) is 2.73. The lowest BCUT2D eigenvalue weighted by molar-refractivity contribution is -0.384. The van der Waals surface area contributed by atoms with Crippen molar-refractivity contribution in [2.24, 2.45) is 0 Å². The Bertz CT molecular complexity index is 585. The predicted molar refractivity (Wildman–Crippen MR) is 74.1 cm³/mol. The minimum absolute atomic E-state index is 0.120. The Morgan fingerprint density at radius 2 is 2.22 bits per heavy atom. The molecule has 2 aromatic rings. The molecule has 1 aromatic carbocycles. The van der Waals surface area contributed by atoms with E-state index in [2.05, 4.69) is 21.2 Å². The molecule has 0 aliphatic rings. The first kappa shape index (κ1) is 12.8. The van der Waals surface area contributed by atoms with E-state index in [0.29, 0.717) is 12.2 Å². The van der Waals surface area contributed by atoms with Crippen LogP contribution in [0.5, 0.6) is 5.75 Å². The highest BCUT2D eigenvalue weighted by molar-refractivity contribution is 9.11. The van der Waals surface area contributed by atoms with Gasteiger partial charge in [0.05, 0.1) is 14.8 Å². The van der Waals surface area contributed by atoms with E-state index < -0.39 is 4.92 Å². The zero-order valence-corrected chi connectivity index (χ0v) is 11.5. The number of aromatic hydroxyl groups is 1. The molecule has 94 valence electrons. The third-order valence-electron chi connectivity index (χ3n) is 2.28. The van der Waals surface area contributed by atoms with E-state index in [0.717, 1.165) is 15.4 Å². The molecule has 18 heavy (non-hydrogen) atoms. The Kier molecular flexibility index (Phi) is 3.83. The molecule has 0 saturated carbocycles. The molecule has 0 aliphatic carbocycles. The van der Waals surface area contributed by atoms with Crippen molar-refractivity contribution >= 4 is 38.6 Å². The maximum atomic E-state index is 10.8. The summed E-state index contributed by atoms with van der Waals surface area (Å²) in [5.74, 6) is -0.120. The Labute approximate surface area is 115 Å². The van der Waals surface area contributed by atoms with Crippen LogP contribution in [0, 0.1) is 10.1 Å². The van der Waals surface area contributed by atoms with Crippen LogP contribution in [0.1, 0.15) is 5.56 Å². The zero-order chi connectivity index (χ0) is 13.1. The average molecular weight is 329 g/mol. The SMILES string of the molecule is O=[N+]([O-])c1cc(O)ccc1NCc1csc(Br)c1. The van der Waals surface area contributed by atoms with E-state index in [1.807, 2.05) is 11.4 Å². The van der Waals surface area contributed by atoms with Gasteiger partial charge in [-0.15, -0.1) is 11.3 Å². The molecule has 2 rings (SSSR count). The van der Waals surface area contributed by atoms with Crippen molar-refractivity contribution in [3.8, 4) is 5.75 Å². The first-order valence-corrected chi connectivity index (χ1v) is 6.67. The minimum atomic E-state index is -0.522. The molecule has 2 N–H and O–H groups in total. The van der Waals surface area contributed by atoms with Gasteiger partial charge in [-0.3, -0.25) is 10.1 Å². The zero-order valence-electron chi connectivity index (χ0n) is 9.09.